The summed E-state index contributed by atoms with van der Waals surface area (Å²) in [5.74, 6) is 1.45. The molecule has 35 heavy (non-hydrogen) atoms. The second-order valence-corrected chi connectivity index (χ2v) is 9.81. The van der Waals surface area contributed by atoms with Gasteiger partial charge in [-0.1, -0.05) is 29.3 Å². The van der Waals surface area contributed by atoms with Crippen LogP contribution >= 0.6 is 23.2 Å². The number of pyridine rings is 2. The number of hydrogen-bond acceptors (Lipinski definition) is 6. The molecule has 0 bridgehead atoms. The van der Waals surface area contributed by atoms with Crippen molar-refractivity contribution in [2.45, 2.75) is 25.8 Å². The van der Waals surface area contributed by atoms with Gasteiger partial charge in [-0.05, 0) is 49.2 Å². The average Bonchev–Trinajstić information content (AvgIpc) is 3.42. The zero-order chi connectivity index (χ0) is 24.2. The lowest BCUT2D eigenvalue weighted by Gasteiger charge is -2.27. The smallest absolute Gasteiger partial charge is 0.183 e. The number of aromatic amines is 2. The van der Waals surface area contributed by atoms with E-state index in [1.807, 2.05) is 30.5 Å². The van der Waals surface area contributed by atoms with E-state index in [1.165, 1.54) is 6.33 Å². The van der Waals surface area contributed by atoms with Gasteiger partial charge in [0.05, 0.1) is 21.1 Å². The van der Waals surface area contributed by atoms with Crippen LogP contribution in [0.4, 0.5) is 5.82 Å². The Bertz CT molecular complexity index is 1720. The van der Waals surface area contributed by atoms with Crippen LogP contribution in [0.3, 0.4) is 0 Å². The van der Waals surface area contributed by atoms with Gasteiger partial charge >= 0.3 is 0 Å². The molecule has 5 heterocycles. The molecule has 0 aliphatic carbocycles. The monoisotopic (exact) mass is 502 g/mol. The number of anilines is 1. The predicted octanol–water partition coefficient (Wildman–Crippen LogP) is 6.02. The van der Waals surface area contributed by atoms with Crippen molar-refractivity contribution >= 4 is 62.1 Å². The van der Waals surface area contributed by atoms with Crippen molar-refractivity contribution in [2.75, 3.05) is 5.32 Å². The van der Waals surface area contributed by atoms with Crippen molar-refractivity contribution in [3.8, 4) is 0 Å². The fourth-order valence-electron chi connectivity index (χ4n) is 4.19. The third kappa shape index (κ3) is 4.05. The summed E-state index contributed by atoms with van der Waals surface area (Å²) in [7, 11) is 0. The molecule has 8 nitrogen and oxygen atoms in total. The summed E-state index contributed by atoms with van der Waals surface area (Å²) in [4.78, 5) is 28.9. The van der Waals surface area contributed by atoms with E-state index in [0.717, 1.165) is 44.4 Å². The van der Waals surface area contributed by atoms with Gasteiger partial charge in [0.15, 0.2) is 11.5 Å². The zero-order valence-corrected chi connectivity index (χ0v) is 20.4. The summed E-state index contributed by atoms with van der Waals surface area (Å²) in [6, 6.07) is 10.0. The first-order valence-corrected chi connectivity index (χ1v) is 11.8. The molecule has 0 radical (unpaired) electrons. The van der Waals surface area contributed by atoms with Gasteiger partial charge in [0.2, 0.25) is 0 Å². The van der Waals surface area contributed by atoms with Gasteiger partial charge in [-0.15, -0.1) is 0 Å². The lowest BCUT2D eigenvalue weighted by Crippen LogP contribution is -2.28. The van der Waals surface area contributed by atoms with Crippen LogP contribution in [0.15, 0.2) is 55.2 Å². The number of H-pyrrole nitrogens is 2. The quantitative estimate of drug-likeness (QED) is 0.266. The van der Waals surface area contributed by atoms with Crippen molar-refractivity contribution in [1.29, 1.82) is 0 Å². The van der Waals surface area contributed by atoms with Gasteiger partial charge < -0.3 is 15.3 Å². The molecule has 5 aromatic heterocycles. The first-order chi connectivity index (χ1) is 16.9. The molecule has 0 atom stereocenters. The van der Waals surface area contributed by atoms with Gasteiger partial charge in [0.25, 0.3) is 0 Å². The first kappa shape index (κ1) is 21.8. The molecule has 0 saturated carbocycles. The van der Waals surface area contributed by atoms with Crippen LogP contribution in [0, 0.1) is 0 Å². The van der Waals surface area contributed by atoms with Crippen molar-refractivity contribution in [2.24, 2.45) is 0 Å². The van der Waals surface area contributed by atoms with E-state index in [1.54, 1.807) is 12.4 Å². The van der Waals surface area contributed by atoms with Crippen LogP contribution in [-0.2, 0) is 12.0 Å². The van der Waals surface area contributed by atoms with Crippen molar-refractivity contribution in [1.82, 2.24) is 34.9 Å². The Labute approximate surface area is 210 Å². The summed E-state index contributed by atoms with van der Waals surface area (Å²) in [5, 5.41) is 6.64. The fourth-order valence-corrected chi connectivity index (χ4v) is 4.56. The Morgan fingerprint density at radius 1 is 1.00 bits per heavy atom. The average molecular weight is 503 g/mol. The van der Waals surface area contributed by atoms with E-state index >= 15 is 0 Å². The van der Waals surface area contributed by atoms with E-state index in [9.17, 15) is 0 Å². The Kier molecular flexibility index (Phi) is 5.09. The largest absolute Gasteiger partial charge is 0.359 e. The van der Waals surface area contributed by atoms with Crippen LogP contribution in [0.25, 0.3) is 33.1 Å². The third-order valence-corrected chi connectivity index (χ3v) is 6.57. The highest BCUT2D eigenvalue weighted by Crippen LogP contribution is 2.31. The fraction of sp³-hybridized carbons (Fsp3) is 0.160. The van der Waals surface area contributed by atoms with Crippen LogP contribution in [0.2, 0.25) is 10.0 Å². The lowest BCUT2D eigenvalue weighted by atomic mass is 9.95. The normalized spacial score (nSPS) is 12.1. The second kappa shape index (κ2) is 8.18. The van der Waals surface area contributed by atoms with Crippen molar-refractivity contribution in [3.63, 3.8) is 0 Å². The molecule has 0 saturated heterocycles. The van der Waals surface area contributed by atoms with E-state index in [4.69, 9.17) is 28.2 Å². The highest BCUT2D eigenvalue weighted by Gasteiger charge is 2.24. The molecule has 174 valence electrons. The van der Waals surface area contributed by atoms with Crippen LogP contribution < -0.4 is 5.32 Å². The summed E-state index contributed by atoms with van der Waals surface area (Å²) < 4.78 is 0. The molecule has 6 aromatic rings. The molecule has 0 fully saturated rings. The molecule has 0 amide bonds. The van der Waals surface area contributed by atoms with E-state index in [-0.39, 0.29) is 0 Å². The minimum absolute atomic E-state index is 0.487. The van der Waals surface area contributed by atoms with Crippen LogP contribution in [0.5, 0.6) is 0 Å². The number of rotatable bonds is 5. The van der Waals surface area contributed by atoms with Gasteiger partial charge in [-0.2, -0.15) is 0 Å². The number of nitrogens with zero attached hydrogens (tertiary/aromatic N) is 5. The van der Waals surface area contributed by atoms with Gasteiger partial charge in [-0.3, -0.25) is 4.98 Å². The van der Waals surface area contributed by atoms with Crippen LogP contribution in [0.1, 0.15) is 30.8 Å². The zero-order valence-electron chi connectivity index (χ0n) is 18.9. The van der Waals surface area contributed by atoms with Gasteiger partial charge in [0, 0.05) is 35.8 Å². The Morgan fingerprint density at radius 3 is 2.77 bits per heavy atom. The van der Waals surface area contributed by atoms with E-state index in [2.05, 4.69) is 55.1 Å². The number of hydrogen-bond donors (Lipinski definition) is 3. The Hall–Kier alpha value is -3.75. The maximum atomic E-state index is 6.31. The highest BCUT2D eigenvalue weighted by molar-refractivity contribution is 6.35. The standard InChI is InChI=1S/C25H20Cl2N8/c1-25(2,15-8-17-18(27)11-30-22(17)29-9-15)35-24-21-23(31-12-32-24)34-20(33-21)6-13-3-4-19-14(5-13)7-16(26)10-28-19/h3-5,7-12H,6H2,1-2H3,(H,29,30)(H2,31,32,33,34,35). The van der Waals surface area contributed by atoms with E-state index in [0.29, 0.717) is 27.9 Å². The minimum atomic E-state index is -0.487. The SMILES string of the molecule is CC(C)(Nc1ncnc2nc(Cc3ccc4ncc(Cl)cc4c3)[nH]c12)c1cnc2[nH]cc(Cl)c2c1. The minimum Gasteiger partial charge on any atom is -0.359 e. The second-order valence-electron chi connectivity index (χ2n) is 8.97. The number of halogens is 2. The summed E-state index contributed by atoms with van der Waals surface area (Å²) in [6.45, 7) is 4.13. The molecule has 0 unspecified atom stereocenters. The van der Waals surface area contributed by atoms with Crippen molar-refractivity contribution < 1.29 is 0 Å². The number of imidazole rings is 1. The summed E-state index contributed by atoms with van der Waals surface area (Å²) >= 11 is 12.4. The Morgan fingerprint density at radius 2 is 1.89 bits per heavy atom. The molecule has 6 rings (SSSR count). The van der Waals surface area contributed by atoms with Crippen molar-refractivity contribution in [3.05, 3.63) is 82.2 Å². The number of aromatic nitrogens is 7. The maximum Gasteiger partial charge on any atom is 0.183 e. The third-order valence-electron chi connectivity index (χ3n) is 6.05. The molecule has 1 aromatic carbocycles. The number of benzene rings is 1. The van der Waals surface area contributed by atoms with Crippen LogP contribution in [-0.4, -0.2) is 34.9 Å². The Balaban J connectivity index is 1.31. The molecule has 3 N–H and O–H groups in total. The molecule has 0 aliphatic rings. The lowest BCUT2D eigenvalue weighted by molar-refractivity contribution is 0.605. The highest BCUT2D eigenvalue weighted by atomic mass is 35.5. The summed E-state index contributed by atoms with van der Waals surface area (Å²) in [6.07, 6.45) is 7.34. The number of nitrogens with one attached hydrogen (secondary N) is 3. The van der Waals surface area contributed by atoms with E-state index < -0.39 is 5.54 Å². The predicted molar refractivity (Wildman–Crippen MR) is 139 cm³/mol. The molecular formula is C25H20Cl2N8. The van der Waals surface area contributed by atoms with Gasteiger partial charge in [0.1, 0.15) is 23.3 Å². The summed E-state index contributed by atoms with van der Waals surface area (Å²) in [5.41, 5.74) is 4.57. The molecular weight excluding hydrogens is 483 g/mol. The molecule has 10 heteroatoms. The molecule has 0 aliphatic heterocycles. The number of fused-ring (bicyclic) bond motifs is 3. The maximum absolute atomic E-state index is 6.31. The van der Waals surface area contributed by atoms with Gasteiger partial charge in [-0.25, -0.2) is 19.9 Å². The molecule has 0 spiro atoms. The first-order valence-electron chi connectivity index (χ1n) is 11.0. The topological polar surface area (TPSA) is 108 Å².